The van der Waals surface area contributed by atoms with E-state index in [0.29, 0.717) is 0 Å². The zero-order chi connectivity index (χ0) is 10.1. The van der Waals surface area contributed by atoms with Crippen molar-refractivity contribution in [1.29, 1.82) is 0 Å². The maximum Gasteiger partial charge on any atom is 0.269 e. The van der Waals surface area contributed by atoms with Crippen molar-refractivity contribution in [3.63, 3.8) is 0 Å². The number of nitro groups is 1. The molecular weight excluding hydrogens is 166 g/mol. The predicted octanol–water partition coefficient (Wildman–Crippen LogP) is 3.18. The average molecular weight is 179 g/mol. The summed E-state index contributed by atoms with van der Waals surface area (Å²) in [5.74, 6) is 0. The van der Waals surface area contributed by atoms with E-state index < -0.39 is 4.92 Å². The van der Waals surface area contributed by atoms with Gasteiger partial charge in [0.15, 0.2) is 0 Å². The highest BCUT2D eigenvalue weighted by molar-refractivity contribution is 5.27. The van der Waals surface area contributed by atoms with E-state index in [9.17, 15) is 10.1 Å². The first kappa shape index (κ1) is 11.4. The molecule has 0 aromatic heterocycles. The van der Waals surface area contributed by atoms with Crippen molar-refractivity contribution in [2.75, 3.05) is 0 Å². The number of nitrogens with zero attached hydrogens (tertiary/aromatic N) is 1. The number of benzene rings is 1. The molecule has 70 valence electrons. The van der Waals surface area contributed by atoms with E-state index in [1.165, 1.54) is 12.1 Å². The van der Waals surface area contributed by atoms with Crippen molar-refractivity contribution in [3.05, 3.63) is 52.6 Å². The molecule has 0 saturated heterocycles. The largest absolute Gasteiger partial charge is 0.269 e. The highest BCUT2D eigenvalue weighted by atomic mass is 16.6. The minimum absolute atomic E-state index is 0.137. The number of para-hydroxylation sites is 1. The molecule has 0 amide bonds. The molecule has 0 radical (unpaired) electrons. The van der Waals surface area contributed by atoms with Gasteiger partial charge in [0.1, 0.15) is 0 Å². The van der Waals surface area contributed by atoms with E-state index in [-0.39, 0.29) is 5.69 Å². The lowest BCUT2D eigenvalue weighted by Crippen LogP contribution is -1.84. The fraction of sp³-hybridized carbons (Fsp3) is 0.200. The first-order chi connectivity index (χ1) is 6.22. The van der Waals surface area contributed by atoms with Gasteiger partial charge in [-0.25, -0.2) is 0 Å². The molecular formula is C10H13NO2. The van der Waals surface area contributed by atoms with Crippen LogP contribution in [0, 0.1) is 10.1 Å². The smallest absolute Gasteiger partial charge is 0.258 e. The van der Waals surface area contributed by atoms with Crippen LogP contribution < -0.4 is 0 Å². The first-order valence-electron chi connectivity index (χ1n) is 3.99. The molecule has 1 aromatic carbocycles. The van der Waals surface area contributed by atoms with E-state index in [4.69, 9.17) is 0 Å². The lowest BCUT2D eigenvalue weighted by atomic mass is 10.3. The Morgan fingerprint density at radius 1 is 1.15 bits per heavy atom. The molecule has 0 N–H and O–H groups in total. The number of allylic oxidation sites excluding steroid dienone is 2. The summed E-state index contributed by atoms with van der Waals surface area (Å²) in [6.07, 6.45) is 4.00. The molecule has 0 aliphatic heterocycles. The van der Waals surface area contributed by atoms with E-state index in [2.05, 4.69) is 0 Å². The molecule has 0 fully saturated rings. The molecule has 0 heterocycles. The van der Waals surface area contributed by atoms with Crippen LogP contribution in [0.2, 0.25) is 0 Å². The van der Waals surface area contributed by atoms with Gasteiger partial charge in [-0.05, 0) is 13.8 Å². The van der Waals surface area contributed by atoms with Gasteiger partial charge >= 0.3 is 0 Å². The minimum atomic E-state index is -0.417. The second kappa shape index (κ2) is 7.03. The zero-order valence-electron chi connectivity index (χ0n) is 7.81. The van der Waals surface area contributed by atoms with Crippen LogP contribution in [0.25, 0.3) is 0 Å². The number of nitro benzene ring substituents is 1. The Bertz CT molecular complexity index is 264. The maximum atomic E-state index is 10.0. The fourth-order valence-electron chi connectivity index (χ4n) is 0.550. The molecule has 0 spiro atoms. The van der Waals surface area contributed by atoms with Gasteiger partial charge in [0, 0.05) is 12.1 Å². The molecule has 0 atom stereocenters. The standard InChI is InChI=1S/C6H5NO2.C4H8/c8-7(9)6-4-2-1-3-5-6;1-3-4-2/h1-5H;3-4H,1-2H3. The van der Waals surface area contributed by atoms with Gasteiger partial charge < -0.3 is 0 Å². The van der Waals surface area contributed by atoms with Gasteiger partial charge in [-0.15, -0.1) is 0 Å². The summed E-state index contributed by atoms with van der Waals surface area (Å²) in [6.45, 7) is 4.00. The third-order valence-electron chi connectivity index (χ3n) is 1.30. The predicted molar refractivity (Wildman–Crippen MR) is 53.6 cm³/mol. The van der Waals surface area contributed by atoms with Crippen molar-refractivity contribution in [2.24, 2.45) is 0 Å². The summed E-state index contributed by atoms with van der Waals surface area (Å²) in [7, 11) is 0. The third kappa shape index (κ3) is 5.61. The highest BCUT2D eigenvalue weighted by Crippen LogP contribution is 2.06. The SMILES string of the molecule is CC=CC.O=[N+]([O-])c1ccccc1. The Balaban J connectivity index is 0.000000310. The summed E-state index contributed by atoms with van der Waals surface area (Å²) >= 11 is 0. The Morgan fingerprint density at radius 3 is 1.85 bits per heavy atom. The van der Waals surface area contributed by atoms with Crippen LogP contribution in [-0.4, -0.2) is 4.92 Å². The summed E-state index contributed by atoms with van der Waals surface area (Å²) in [5, 5.41) is 10.0. The van der Waals surface area contributed by atoms with Gasteiger partial charge in [0.05, 0.1) is 4.92 Å². The Labute approximate surface area is 77.9 Å². The number of hydrogen-bond donors (Lipinski definition) is 0. The molecule has 0 unspecified atom stereocenters. The Kier molecular flexibility index (Phi) is 6.15. The number of rotatable bonds is 1. The summed E-state index contributed by atoms with van der Waals surface area (Å²) in [4.78, 5) is 9.59. The molecule has 0 saturated carbocycles. The average Bonchev–Trinajstić information content (AvgIpc) is 2.19. The minimum Gasteiger partial charge on any atom is -0.258 e. The van der Waals surface area contributed by atoms with E-state index in [1.807, 2.05) is 26.0 Å². The van der Waals surface area contributed by atoms with Crippen molar-refractivity contribution < 1.29 is 4.92 Å². The Hall–Kier alpha value is -1.64. The topological polar surface area (TPSA) is 43.1 Å². The van der Waals surface area contributed by atoms with Crippen molar-refractivity contribution in [2.45, 2.75) is 13.8 Å². The molecule has 13 heavy (non-hydrogen) atoms. The molecule has 0 aliphatic rings. The van der Waals surface area contributed by atoms with Crippen LogP contribution in [0.4, 0.5) is 5.69 Å². The fourth-order valence-corrected chi connectivity index (χ4v) is 0.550. The van der Waals surface area contributed by atoms with E-state index in [1.54, 1.807) is 18.2 Å². The van der Waals surface area contributed by atoms with Gasteiger partial charge in [0.2, 0.25) is 0 Å². The van der Waals surface area contributed by atoms with Crippen LogP contribution in [0.15, 0.2) is 42.5 Å². The molecule has 0 bridgehead atoms. The zero-order valence-corrected chi connectivity index (χ0v) is 7.81. The summed E-state index contributed by atoms with van der Waals surface area (Å²) < 4.78 is 0. The van der Waals surface area contributed by atoms with Crippen LogP contribution in [0.5, 0.6) is 0 Å². The van der Waals surface area contributed by atoms with Gasteiger partial charge in [-0.2, -0.15) is 0 Å². The van der Waals surface area contributed by atoms with Crippen molar-refractivity contribution in [1.82, 2.24) is 0 Å². The molecule has 0 aliphatic carbocycles. The third-order valence-corrected chi connectivity index (χ3v) is 1.30. The van der Waals surface area contributed by atoms with Gasteiger partial charge in [0.25, 0.3) is 5.69 Å². The van der Waals surface area contributed by atoms with Crippen LogP contribution in [0.3, 0.4) is 0 Å². The Morgan fingerprint density at radius 2 is 1.62 bits per heavy atom. The molecule has 1 rings (SSSR count). The normalized spacial score (nSPS) is 9.08. The second-order valence-corrected chi connectivity index (χ2v) is 2.26. The number of hydrogen-bond acceptors (Lipinski definition) is 2. The van der Waals surface area contributed by atoms with Crippen LogP contribution in [-0.2, 0) is 0 Å². The molecule has 1 aromatic rings. The first-order valence-corrected chi connectivity index (χ1v) is 3.99. The van der Waals surface area contributed by atoms with Gasteiger partial charge in [-0.1, -0.05) is 30.4 Å². The quantitative estimate of drug-likeness (QED) is 0.377. The van der Waals surface area contributed by atoms with E-state index in [0.717, 1.165) is 0 Å². The van der Waals surface area contributed by atoms with Crippen LogP contribution in [0.1, 0.15) is 13.8 Å². The maximum absolute atomic E-state index is 10.0. The van der Waals surface area contributed by atoms with Crippen molar-refractivity contribution in [3.8, 4) is 0 Å². The molecule has 3 heteroatoms. The highest BCUT2D eigenvalue weighted by Gasteiger charge is 1.98. The monoisotopic (exact) mass is 179 g/mol. The van der Waals surface area contributed by atoms with Gasteiger partial charge in [-0.3, -0.25) is 10.1 Å². The lowest BCUT2D eigenvalue weighted by molar-refractivity contribution is -0.384. The van der Waals surface area contributed by atoms with E-state index >= 15 is 0 Å². The molecule has 3 nitrogen and oxygen atoms in total. The second-order valence-electron chi connectivity index (χ2n) is 2.26. The number of non-ortho nitro benzene ring substituents is 1. The lowest BCUT2D eigenvalue weighted by Gasteiger charge is -1.85. The summed E-state index contributed by atoms with van der Waals surface area (Å²) in [6, 6.07) is 7.93. The summed E-state index contributed by atoms with van der Waals surface area (Å²) in [5.41, 5.74) is 0.137. The van der Waals surface area contributed by atoms with Crippen LogP contribution >= 0.6 is 0 Å². The van der Waals surface area contributed by atoms with Crippen molar-refractivity contribution >= 4 is 5.69 Å².